The molecule has 1 aromatic rings. The highest BCUT2D eigenvalue weighted by atomic mass is 16.2. The van der Waals surface area contributed by atoms with Gasteiger partial charge in [0.15, 0.2) is 0 Å². The summed E-state index contributed by atoms with van der Waals surface area (Å²) in [6, 6.07) is 0. The molecule has 0 bridgehead atoms. The van der Waals surface area contributed by atoms with Crippen LogP contribution in [0.4, 0.5) is 0 Å². The number of nitrogens with zero attached hydrogens (tertiary/aromatic N) is 4. The van der Waals surface area contributed by atoms with Crippen molar-refractivity contribution >= 4 is 11.8 Å². The summed E-state index contributed by atoms with van der Waals surface area (Å²) in [5.41, 5.74) is 3.31. The zero-order chi connectivity index (χ0) is 16.3. The standard InChI is InChI=1S/C16H26N4O2/c1-12-15(13(2)18(4)17-12)6-7-16(22)20-9-5-8-19(10-11-20)14(3)21/h5-11H2,1-4H3. The van der Waals surface area contributed by atoms with E-state index in [1.807, 2.05) is 35.4 Å². The number of carbonyl (C=O) groups is 2. The van der Waals surface area contributed by atoms with Gasteiger partial charge in [-0.1, -0.05) is 0 Å². The average molecular weight is 306 g/mol. The van der Waals surface area contributed by atoms with Crippen molar-refractivity contribution in [3.63, 3.8) is 0 Å². The minimum Gasteiger partial charge on any atom is -0.341 e. The van der Waals surface area contributed by atoms with Gasteiger partial charge in [0, 0.05) is 52.3 Å². The Bertz CT molecular complexity index is 565. The smallest absolute Gasteiger partial charge is 0.222 e. The van der Waals surface area contributed by atoms with Gasteiger partial charge in [-0.05, 0) is 32.3 Å². The van der Waals surface area contributed by atoms with Crippen LogP contribution in [0.1, 0.15) is 36.7 Å². The van der Waals surface area contributed by atoms with Gasteiger partial charge in [-0.15, -0.1) is 0 Å². The highest BCUT2D eigenvalue weighted by molar-refractivity contribution is 5.77. The molecule has 0 spiro atoms. The topological polar surface area (TPSA) is 58.4 Å². The Morgan fingerprint density at radius 2 is 1.73 bits per heavy atom. The van der Waals surface area contributed by atoms with Crippen molar-refractivity contribution in [2.45, 2.75) is 40.0 Å². The van der Waals surface area contributed by atoms with Crippen molar-refractivity contribution in [3.05, 3.63) is 17.0 Å². The van der Waals surface area contributed by atoms with Crippen LogP contribution in [-0.2, 0) is 23.1 Å². The summed E-state index contributed by atoms with van der Waals surface area (Å²) < 4.78 is 1.87. The van der Waals surface area contributed by atoms with Gasteiger partial charge in [-0.3, -0.25) is 14.3 Å². The van der Waals surface area contributed by atoms with Gasteiger partial charge in [0.1, 0.15) is 0 Å². The fourth-order valence-electron chi connectivity index (χ4n) is 3.05. The quantitative estimate of drug-likeness (QED) is 0.839. The second-order valence-electron chi connectivity index (χ2n) is 6.01. The minimum absolute atomic E-state index is 0.0934. The van der Waals surface area contributed by atoms with Crippen molar-refractivity contribution in [1.29, 1.82) is 0 Å². The zero-order valence-electron chi connectivity index (χ0n) is 14.1. The maximum atomic E-state index is 12.4. The molecule has 0 aromatic carbocycles. The summed E-state index contributed by atoms with van der Waals surface area (Å²) in [6.07, 6.45) is 2.10. The molecule has 22 heavy (non-hydrogen) atoms. The third-order valence-corrected chi connectivity index (χ3v) is 4.54. The van der Waals surface area contributed by atoms with Gasteiger partial charge in [0.05, 0.1) is 5.69 Å². The molecule has 0 atom stereocenters. The molecule has 122 valence electrons. The maximum Gasteiger partial charge on any atom is 0.222 e. The fourth-order valence-corrected chi connectivity index (χ4v) is 3.05. The maximum absolute atomic E-state index is 12.4. The lowest BCUT2D eigenvalue weighted by molar-refractivity contribution is -0.132. The van der Waals surface area contributed by atoms with Crippen molar-refractivity contribution in [2.24, 2.45) is 7.05 Å². The van der Waals surface area contributed by atoms with Crippen LogP contribution in [0.25, 0.3) is 0 Å². The van der Waals surface area contributed by atoms with Crippen LogP contribution >= 0.6 is 0 Å². The predicted molar refractivity (Wildman–Crippen MR) is 84.5 cm³/mol. The van der Waals surface area contributed by atoms with Crippen LogP contribution < -0.4 is 0 Å². The predicted octanol–water partition coefficient (Wildman–Crippen LogP) is 1.05. The minimum atomic E-state index is 0.0934. The van der Waals surface area contributed by atoms with Gasteiger partial charge < -0.3 is 9.80 Å². The van der Waals surface area contributed by atoms with E-state index in [-0.39, 0.29) is 11.8 Å². The first-order chi connectivity index (χ1) is 10.4. The van der Waals surface area contributed by atoms with Crippen molar-refractivity contribution in [2.75, 3.05) is 26.2 Å². The second kappa shape index (κ2) is 6.94. The summed E-state index contributed by atoms with van der Waals surface area (Å²) in [6.45, 7) is 8.40. The average Bonchev–Trinajstić information content (AvgIpc) is 2.67. The monoisotopic (exact) mass is 306 g/mol. The van der Waals surface area contributed by atoms with Crippen LogP contribution in [0.2, 0.25) is 0 Å². The van der Waals surface area contributed by atoms with Gasteiger partial charge in [0.2, 0.25) is 11.8 Å². The molecule has 6 nitrogen and oxygen atoms in total. The van der Waals surface area contributed by atoms with E-state index in [1.165, 1.54) is 5.56 Å². The first-order valence-corrected chi connectivity index (χ1v) is 7.92. The third-order valence-electron chi connectivity index (χ3n) is 4.54. The van der Waals surface area contributed by atoms with E-state index in [0.29, 0.717) is 19.5 Å². The molecule has 0 aliphatic carbocycles. The fraction of sp³-hybridized carbons (Fsp3) is 0.688. The van der Waals surface area contributed by atoms with Crippen LogP contribution in [-0.4, -0.2) is 57.6 Å². The SMILES string of the molecule is CC(=O)N1CCCN(C(=O)CCc2c(C)nn(C)c2C)CC1. The van der Waals surface area contributed by atoms with E-state index in [9.17, 15) is 9.59 Å². The molecule has 1 saturated heterocycles. The lowest BCUT2D eigenvalue weighted by Crippen LogP contribution is -2.36. The Morgan fingerprint density at radius 3 is 2.32 bits per heavy atom. The van der Waals surface area contributed by atoms with Crippen molar-refractivity contribution in [1.82, 2.24) is 19.6 Å². The van der Waals surface area contributed by atoms with Gasteiger partial charge in [-0.2, -0.15) is 5.10 Å². The molecule has 0 radical (unpaired) electrons. The second-order valence-corrected chi connectivity index (χ2v) is 6.01. The van der Waals surface area contributed by atoms with Crippen molar-refractivity contribution in [3.8, 4) is 0 Å². The molecule has 0 unspecified atom stereocenters. The first kappa shape index (κ1) is 16.5. The number of carbonyl (C=O) groups excluding carboxylic acids is 2. The molecule has 1 aromatic heterocycles. The highest BCUT2D eigenvalue weighted by Crippen LogP contribution is 2.15. The van der Waals surface area contributed by atoms with Gasteiger partial charge >= 0.3 is 0 Å². The molecule has 2 rings (SSSR count). The molecule has 1 aliphatic rings. The Labute approximate surface area is 132 Å². The molecule has 2 heterocycles. The van der Waals surface area contributed by atoms with Gasteiger partial charge in [0.25, 0.3) is 0 Å². The largest absolute Gasteiger partial charge is 0.341 e. The molecular weight excluding hydrogens is 280 g/mol. The number of aryl methyl sites for hydroxylation is 2. The molecule has 6 heteroatoms. The van der Waals surface area contributed by atoms with E-state index in [4.69, 9.17) is 0 Å². The molecule has 0 saturated carbocycles. The normalized spacial score (nSPS) is 15.8. The number of hydrogen-bond acceptors (Lipinski definition) is 3. The Morgan fingerprint density at radius 1 is 1.09 bits per heavy atom. The Hall–Kier alpha value is -1.85. The summed E-state index contributed by atoms with van der Waals surface area (Å²) in [5, 5.41) is 4.39. The van der Waals surface area contributed by atoms with Crippen LogP contribution in [0.5, 0.6) is 0 Å². The van der Waals surface area contributed by atoms with Crippen LogP contribution in [0.15, 0.2) is 0 Å². The van der Waals surface area contributed by atoms with Crippen LogP contribution in [0.3, 0.4) is 0 Å². The third kappa shape index (κ3) is 3.67. The Kier molecular flexibility index (Phi) is 5.21. The van der Waals surface area contributed by atoms with Gasteiger partial charge in [-0.25, -0.2) is 0 Å². The van der Waals surface area contributed by atoms with E-state index in [2.05, 4.69) is 5.10 Å². The van der Waals surface area contributed by atoms with Crippen LogP contribution in [0, 0.1) is 13.8 Å². The summed E-state index contributed by atoms with van der Waals surface area (Å²) in [7, 11) is 1.93. The van der Waals surface area contributed by atoms with E-state index in [1.54, 1.807) is 6.92 Å². The molecule has 1 aliphatic heterocycles. The van der Waals surface area contributed by atoms with Crippen molar-refractivity contribution < 1.29 is 9.59 Å². The lowest BCUT2D eigenvalue weighted by Gasteiger charge is -2.21. The van der Waals surface area contributed by atoms with E-state index in [0.717, 1.165) is 37.3 Å². The zero-order valence-corrected chi connectivity index (χ0v) is 14.1. The van der Waals surface area contributed by atoms with E-state index < -0.39 is 0 Å². The molecule has 2 amide bonds. The number of aromatic nitrogens is 2. The molecule has 1 fully saturated rings. The molecule has 0 N–H and O–H groups in total. The lowest BCUT2D eigenvalue weighted by atomic mass is 10.1. The summed E-state index contributed by atoms with van der Waals surface area (Å²) >= 11 is 0. The summed E-state index contributed by atoms with van der Waals surface area (Å²) in [4.78, 5) is 27.6. The van der Waals surface area contributed by atoms with E-state index >= 15 is 0 Å². The number of hydrogen-bond donors (Lipinski definition) is 0. The highest BCUT2D eigenvalue weighted by Gasteiger charge is 2.20. The summed E-state index contributed by atoms with van der Waals surface area (Å²) in [5.74, 6) is 0.268. The Balaban J connectivity index is 1.91. The first-order valence-electron chi connectivity index (χ1n) is 7.92. The number of rotatable bonds is 3. The number of amides is 2. The molecular formula is C16H26N4O2.